The maximum atomic E-state index is 12.6. The Balaban J connectivity index is 1.33. The number of amides is 2. The lowest BCUT2D eigenvalue weighted by molar-refractivity contribution is 0.182. The number of halogens is 2. The lowest BCUT2D eigenvalue weighted by Gasteiger charge is -2.32. The molecule has 5 nitrogen and oxygen atoms in total. The predicted octanol–water partition coefficient (Wildman–Crippen LogP) is 5.13. The monoisotopic (exact) mass is 402 g/mol. The Labute approximate surface area is 167 Å². The van der Waals surface area contributed by atoms with Crippen molar-refractivity contribution in [3.63, 3.8) is 0 Å². The molecule has 1 N–H and O–H groups in total. The normalized spacial score (nSPS) is 15.3. The number of imidazole rings is 1. The number of hydrogen-bond donors (Lipinski definition) is 1. The van der Waals surface area contributed by atoms with Gasteiger partial charge in [-0.05, 0) is 55.0 Å². The third kappa shape index (κ3) is 4.04. The van der Waals surface area contributed by atoms with E-state index in [1.54, 1.807) is 6.20 Å². The molecule has 0 aliphatic carbocycles. The standard InChI is InChI=1S/C20H20Cl2N4O/c21-16-5-4-15(12-17(16)22)11-14-6-9-25(10-7-14)20(27)24-19-13-23-18-3-1-2-8-26(18)19/h1-5,8,12-14H,6-7,9-11H2,(H,24,27). The molecule has 2 amide bonds. The highest BCUT2D eigenvalue weighted by molar-refractivity contribution is 6.42. The molecule has 1 aliphatic rings. The number of aromatic nitrogens is 2. The molecule has 2 aromatic heterocycles. The summed E-state index contributed by atoms with van der Waals surface area (Å²) in [6.45, 7) is 1.49. The quantitative estimate of drug-likeness (QED) is 0.659. The zero-order valence-corrected chi connectivity index (χ0v) is 16.2. The summed E-state index contributed by atoms with van der Waals surface area (Å²) in [5.41, 5.74) is 2.01. The molecule has 27 heavy (non-hydrogen) atoms. The number of nitrogens with one attached hydrogen (secondary N) is 1. The van der Waals surface area contributed by atoms with Crippen LogP contribution in [0.2, 0.25) is 10.0 Å². The van der Waals surface area contributed by atoms with E-state index in [0.29, 0.717) is 21.8 Å². The van der Waals surface area contributed by atoms with Crippen LogP contribution in [-0.2, 0) is 6.42 Å². The van der Waals surface area contributed by atoms with E-state index in [0.717, 1.165) is 38.0 Å². The van der Waals surface area contributed by atoms with Crippen LogP contribution < -0.4 is 5.32 Å². The van der Waals surface area contributed by atoms with Gasteiger partial charge in [-0.2, -0.15) is 0 Å². The van der Waals surface area contributed by atoms with Gasteiger partial charge in [-0.15, -0.1) is 0 Å². The van der Waals surface area contributed by atoms with Crippen LogP contribution in [0.1, 0.15) is 18.4 Å². The summed E-state index contributed by atoms with van der Waals surface area (Å²) in [6, 6.07) is 11.5. The Morgan fingerprint density at radius 3 is 2.74 bits per heavy atom. The van der Waals surface area contributed by atoms with E-state index < -0.39 is 0 Å². The number of piperidine rings is 1. The molecule has 0 saturated carbocycles. The van der Waals surface area contributed by atoms with Crippen molar-refractivity contribution in [3.8, 4) is 0 Å². The summed E-state index contributed by atoms with van der Waals surface area (Å²) >= 11 is 12.1. The SMILES string of the molecule is O=C(Nc1cnc2ccccn12)N1CCC(Cc2ccc(Cl)c(Cl)c2)CC1. The number of hydrogen-bond acceptors (Lipinski definition) is 2. The molecule has 1 aromatic carbocycles. The first-order valence-electron chi connectivity index (χ1n) is 9.02. The summed E-state index contributed by atoms with van der Waals surface area (Å²) in [4.78, 5) is 18.8. The Hall–Kier alpha value is -2.24. The molecule has 1 saturated heterocycles. The summed E-state index contributed by atoms with van der Waals surface area (Å²) in [6.07, 6.45) is 6.48. The van der Waals surface area contributed by atoms with Crippen molar-refractivity contribution >= 4 is 40.7 Å². The van der Waals surface area contributed by atoms with Crippen molar-refractivity contribution in [3.05, 3.63) is 64.4 Å². The number of carbonyl (C=O) groups excluding carboxylic acids is 1. The minimum absolute atomic E-state index is 0.0753. The molecule has 3 heterocycles. The van der Waals surface area contributed by atoms with Crippen molar-refractivity contribution in [2.75, 3.05) is 18.4 Å². The zero-order valence-electron chi connectivity index (χ0n) is 14.7. The van der Waals surface area contributed by atoms with E-state index in [2.05, 4.69) is 10.3 Å². The molecule has 4 rings (SSSR count). The zero-order chi connectivity index (χ0) is 18.8. The first-order chi connectivity index (χ1) is 13.1. The average molecular weight is 403 g/mol. The molecular formula is C20H20Cl2N4O. The van der Waals surface area contributed by atoms with Gasteiger partial charge in [-0.1, -0.05) is 35.3 Å². The largest absolute Gasteiger partial charge is 0.324 e. The van der Waals surface area contributed by atoms with Crippen LogP contribution in [-0.4, -0.2) is 33.4 Å². The fraction of sp³-hybridized carbons (Fsp3) is 0.300. The second kappa shape index (κ2) is 7.79. The van der Waals surface area contributed by atoms with E-state index in [4.69, 9.17) is 23.2 Å². The van der Waals surface area contributed by atoms with Gasteiger partial charge in [0.2, 0.25) is 0 Å². The number of anilines is 1. The smallest absolute Gasteiger partial charge is 0.323 e. The van der Waals surface area contributed by atoms with Crippen molar-refractivity contribution in [2.45, 2.75) is 19.3 Å². The van der Waals surface area contributed by atoms with Crippen molar-refractivity contribution < 1.29 is 4.79 Å². The van der Waals surface area contributed by atoms with Crippen LogP contribution in [0.15, 0.2) is 48.8 Å². The second-order valence-corrected chi connectivity index (χ2v) is 7.70. The van der Waals surface area contributed by atoms with Crippen LogP contribution in [0, 0.1) is 5.92 Å². The van der Waals surface area contributed by atoms with Gasteiger partial charge in [-0.3, -0.25) is 9.72 Å². The highest BCUT2D eigenvalue weighted by atomic mass is 35.5. The number of fused-ring (bicyclic) bond motifs is 1. The fourth-order valence-corrected chi connectivity index (χ4v) is 3.87. The highest BCUT2D eigenvalue weighted by Crippen LogP contribution is 2.27. The molecular weight excluding hydrogens is 383 g/mol. The van der Waals surface area contributed by atoms with Gasteiger partial charge in [0.15, 0.2) is 0 Å². The number of nitrogens with zero attached hydrogens (tertiary/aromatic N) is 3. The molecule has 1 aliphatic heterocycles. The van der Waals surface area contributed by atoms with Gasteiger partial charge in [0.05, 0.1) is 16.2 Å². The third-order valence-electron chi connectivity index (χ3n) is 5.06. The number of rotatable bonds is 3. The summed E-state index contributed by atoms with van der Waals surface area (Å²) in [7, 11) is 0. The Morgan fingerprint density at radius 2 is 1.96 bits per heavy atom. The number of carbonyl (C=O) groups is 1. The molecule has 0 spiro atoms. The minimum atomic E-state index is -0.0753. The average Bonchev–Trinajstić information content (AvgIpc) is 3.08. The van der Waals surface area contributed by atoms with Crippen molar-refractivity contribution in [1.29, 1.82) is 0 Å². The molecule has 0 unspecified atom stereocenters. The van der Waals surface area contributed by atoms with E-state index in [9.17, 15) is 4.79 Å². The van der Waals surface area contributed by atoms with Gasteiger partial charge >= 0.3 is 6.03 Å². The van der Waals surface area contributed by atoms with Gasteiger partial charge in [0.25, 0.3) is 0 Å². The van der Waals surface area contributed by atoms with Crippen LogP contribution in [0.25, 0.3) is 5.65 Å². The van der Waals surface area contributed by atoms with Crippen LogP contribution in [0.4, 0.5) is 10.6 Å². The Bertz CT molecular complexity index is 964. The lowest BCUT2D eigenvalue weighted by atomic mass is 9.90. The molecule has 0 atom stereocenters. The van der Waals surface area contributed by atoms with Gasteiger partial charge in [0, 0.05) is 19.3 Å². The summed E-state index contributed by atoms with van der Waals surface area (Å²) < 4.78 is 1.87. The number of pyridine rings is 1. The molecule has 7 heteroatoms. The van der Waals surface area contributed by atoms with E-state index in [1.165, 1.54) is 5.56 Å². The fourth-order valence-electron chi connectivity index (χ4n) is 3.55. The van der Waals surface area contributed by atoms with Crippen LogP contribution >= 0.6 is 23.2 Å². The molecule has 0 radical (unpaired) electrons. The van der Waals surface area contributed by atoms with E-state index in [1.807, 2.05) is 51.9 Å². The maximum absolute atomic E-state index is 12.6. The van der Waals surface area contributed by atoms with Crippen molar-refractivity contribution in [2.24, 2.45) is 5.92 Å². The lowest BCUT2D eigenvalue weighted by Crippen LogP contribution is -2.41. The van der Waals surface area contributed by atoms with Crippen LogP contribution in [0.5, 0.6) is 0 Å². The minimum Gasteiger partial charge on any atom is -0.324 e. The summed E-state index contributed by atoms with van der Waals surface area (Å²) in [5.74, 6) is 1.23. The maximum Gasteiger partial charge on any atom is 0.323 e. The number of benzene rings is 1. The summed E-state index contributed by atoms with van der Waals surface area (Å²) in [5, 5.41) is 4.15. The number of urea groups is 1. The first kappa shape index (κ1) is 18.1. The third-order valence-corrected chi connectivity index (χ3v) is 5.80. The molecule has 140 valence electrons. The van der Waals surface area contributed by atoms with E-state index >= 15 is 0 Å². The second-order valence-electron chi connectivity index (χ2n) is 6.89. The van der Waals surface area contributed by atoms with Crippen molar-refractivity contribution in [1.82, 2.24) is 14.3 Å². The predicted molar refractivity (Wildman–Crippen MR) is 109 cm³/mol. The molecule has 1 fully saturated rings. The van der Waals surface area contributed by atoms with Gasteiger partial charge < -0.3 is 4.90 Å². The van der Waals surface area contributed by atoms with Crippen LogP contribution in [0.3, 0.4) is 0 Å². The molecule has 3 aromatic rings. The number of likely N-dealkylation sites (tertiary alicyclic amines) is 1. The molecule has 0 bridgehead atoms. The highest BCUT2D eigenvalue weighted by Gasteiger charge is 2.23. The van der Waals surface area contributed by atoms with Gasteiger partial charge in [0.1, 0.15) is 11.5 Å². The topological polar surface area (TPSA) is 49.6 Å². The Kier molecular flexibility index (Phi) is 5.23. The first-order valence-corrected chi connectivity index (χ1v) is 9.77. The van der Waals surface area contributed by atoms with Gasteiger partial charge in [-0.25, -0.2) is 9.78 Å². The Morgan fingerprint density at radius 1 is 1.15 bits per heavy atom. The van der Waals surface area contributed by atoms with E-state index in [-0.39, 0.29) is 6.03 Å².